The normalized spacial score (nSPS) is 10.5. The largest absolute Gasteiger partial charge is 0.573 e. The first-order chi connectivity index (χ1) is 10.8. The third-order valence-electron chi connectivity index (χ3n) is 2.33. The van der Waals surface area contributed by atoms with Crippen molar-refractivity contribution < 1.29 is 49.0 Å². The average molecular weight is 384 g/mol. The molecule has 1 aromatic carbocycles. The van der Waals surface area contributed by atoms with Crippen molar-refractivity contribution in [1.29, 1.82) is 0 Å². The third-order valence-corrected chi connectivity index (χ3v) is 2.33. The van der Waals surface area contributed by atoms with Crippen LogP contribution in [-0.2, 0) is 17.1 Å². The molecule has 8 nitrogen and oxygen atoms in total. The van der Waals surface area contributed by atoms with E-state index in [9.17, 15) is 22.8 Å². The number of carbonyl (C=O) groups is 2. The molecule has 24 heavy (non-hydrogen) atoms. The molecular formula is C12H8F3MnN4O4-. The number of alkyl halides is 3. The van der Waals surface area contributed by atoms with E-state index >= 15 is 0 Å². The van der Waals surface area contributed by atoms with E-state index in [-0.39, 0.29) is 22.6 Å². The van der Waals surface area contributed by atoms with Gasteiger partial charge in [-0.05, 0) is 18.2 Å². The zero-order valence-corrected chi connectivity index (χ0v) is 12.7. The van der Waals surface area contributed by atoms with Crippen molar-refractivity contribution in [2.45, 2.75) is 6.36 Å². The van der Waals surface area contributed by atoms with Crippen LogP contribution in [-0.4, -0.2) is 28.4 Å². The van der Waals surface area contributed by atoms with Crippen LogP contribution in [0.25, 0.3) is 0 Å². The van der Waals surface area contributed by atoms with Gasteiger partial charge in [-0.3, -0.25) is 22.0 Å². The molecule has 0 atom stereocenters. The predicted molar refractivity (Wildman–Crippen MR) is 68.2 cm³/mol. The number of anilines is 1. The van der Waals surface area contributed by atoms with Gasteiger partial charge in [-0.2, -0.15) is 0 Å². The van der Waals surface area contributed by atoms with E-state index in [1.54, 1.807) is 0 Å². The van der Waals surface area contributed by atoms with Crippen LogP contribution in [0, 0.1) is 7.05 Å². The van der Waals surface area contributed by atoms with E-state index in [0.29, 0.717) is 0 Å². The second-order valence-electron chi connectivity index (χ2n) is 3.95. The minimum absolute atomic E-state index is 0. The van der Waals surface area contributed by atoms with Gasteiger partial charge in [-0.1, -0.05) is 11.2 Å². The van der Waals surface area contributed by atoms with Gasteiger partial charge in [-0.25, -0.2) is 0 Å². The fourth-order valence-electron chi connectivity index (χ4n) is 1.44. The maximum Gasteiger partial charge on any atom is 0.573 e. The number of rotatable bonds is 4. The van der Waals surface area contributed by atoms with Crippen molar-refractivity contribution in [1.82, 2.24) is 15.5 Å². The maximum absolute atomic E-state index is 12.1. The van der Waals surface area contributed by atoms with E-state index in [0.717, 1.165) is 12.1 Å². The smallest absolute Gasteiger partial charge is 0.500 e. The first-order valence-corrected chi connectivity index (χ1v) is 5.86. The van der Waals surface area contributed by atoms with Gasteiger partial charge in [0.05, 0.1) is 0 Å². The fourth-order valence-corrected chi connectivity index (χ4v) is 1.44. The number of benzene rings is 1. The van der Waals surface area contributed by atoms with E-state index in [2.05, 4.69) is 27.3 Å². The zero-order valence-electron chi connectivity index (χ0n) is 11.6. The molecule has 2 amide bonds. The van der Waals surface area contributed by atoms with E-state index in [1.165, 1.54) is 12.1 Å². The second-order valence-corrected chi connectivity index (χ2v) is 3.95. The summed E-state index contributed by atoms with van der Waals surface area (Å²) in [6, 6.07) is 3.95. The van der Waals surface area contributed by atoms with Crippen molar-refractivity contribution in [2.75, 3.05) is 5.32 Å². The molecule has 129 valence electrons. The van der Waals surface area contributed by atoms with Gasteiger partial charge in [0.15, 0.2) is 0 Å². The molecule has 1 heterocycles. The zero-order chi connectivity index (χ0) is 17.0. The molecule has 0 aliphatic rings. The van der Waals surface area contributed by atoms with Gasteiger partial charge < -0.3 is 14.5 Å². The summed E-state index contributed by atoms with van der Waals surface area (Å²) >= 11 is 0. The van der Waals surface area contributed by atoms with Crippen molar-refractivity contribution in [3.05, 3.63) is 42.8 Å². The Bertz CT molecular complexity index is 735. The van der Waals surface area contributed by atoms with Crippen LogP contribution in [0.5, 0.6) is 5.75 Å². The number of amides is 2. The summed E-state index contributed by atoms with van der Waals surface area (Å²) in [6.45, 7) is 0. The Morgan fingerprint density at radius 2 is 1.92 bits per heavy atom. The number of aromatic nitrogens is 2. The summed E-state index contributed by atoms with van der Waals surface area (Å²) in [7, 11) is 3.10. The minimum atomic E-state index is -4.88. The Morgan fingerprint density at radius 3 is 2.54 bits per heavy atom. The molecule has 0 saturated heterocycles. The van der Waals surface area contributed by atoms with Crippen LogP contribution >= 0.6 is 0 Å². The van der Waals surface area contributed by atoms with Crippen LogP contribution in [0.15, 0.2) is 28.7 Å². The quantitative estimate of drug-likeness (QED) is 0.615. The summed E-state index contributed by atoms with van der Waals surface area (Å²) in [5.74, 6) is -2.60. The van der Waals surface area contributed by atoms with Gasteiger partial charge in [-0.15, -0.1) is 18.3 Å². The molecule has 1 aromatic heterocycles. The average Bonchev–Trinajstić information content (AvgIpc) is 2.93. The molecule has 1 radical (unpaired) electrons. The van der Waals surface area contributed by atoms with Crippen LogP contribution in [0.2, 0.25) is 0 Å². The molecule has 12 heteroatoms. The molecule has 2 rings (SSSR count). The van der Waals surface area contributed by atoms with Crippen LogP contribution in [0.3, 0.4) is 0 Å². The van der Waals surface area contributed by atoms with Crippen molar-refractivity contribution >= 4 is 17.8 Å². The number of nitrogens with one attached hydrogen (secondary N) is 2. The molecule has 0 fully saturated rings. The molecule has 0 unspecified atom stereocenters. The monoisotopic (exact) mass is 384 g/mol. The summed E-state index contributed by atoms with van der Waals surface area (Å²) in [5.41, 5.74) is -0.145. The van der Waals surface area contributed by atoms with Gasteiger partial charge in [0, 0.05) is 22.6 Å². The summed E-state index contributed by atoms with van der Waals surface area (Å²) in [6.07, 6.45) is -4.88. The Morgan fingerprint density at radius 1 is 1.21 bits per heavy atom. The molecule has 0 saturated carbocycles. The van der Waals surface area contributed by atoms with Crippen LogP contribution in [0.1, 0.15) is 21.0 Å². The molecular weight excluding hydrogens is 376 g/mol. The Balaban J connectivity index is 0.00000288. The first-order valence-electron chi connectivity index (χ1n) is 5.86. The topological polar surface area (TPSA) is 106 Å². The molecule has 0 aliphatic carbocycles. The Hall–Kier alpha value is -2.59. The second kappa shape index (κ2) is 7.79. The molecule has 2 aromatic rings. The summed E-state index contributed by atoms with van der Waals surface area (Å²) < 4.78 is 44.9. The molecule has 0 spiro atoms. The van der Waals surface area contributed by atoms with E-state index in [4.69, 9.17) is 4.42 Å². The number of hydrogen-bond acceptors (Lipinski definition) is 6. The Labute approximate surface area is 143 Å². The number of nitrogens with zero attached hydrogens (tertiary/aromatic N) is 2. The molecule has 2 N–H and O–H groups in total. The number of halogens is 3. The Kier molecular flexibility index (Phi) is 6.32. The molecule has 0 aliphatic heterocycles. The summed E-state index contributed by atoms with van der Waals surface area (Å²) in [5, 5.41) is 10.8. The summed E-state index contributed by atoms with van der Waals surface area (Å²) in [4.78, 5) is 23.0. The maximum atomic E-state index is 12.1. The fraction of sp³-hybridized carbons (Fsp3) is 0.0833. The predicted octanol–water partition coefficient (Wildman–Crippen LogP) is 1.74. The SMILES string of the molecule is [CH2-]NC(=O)c1nnc(NC(=O)c2cccc(OC(F)(F)F)c2)o1.[Mn]. The molecule has 0 bridgehead atoms. The van der Waals surface area contributed by atoms with Crippen molar-refractivity contribution in [3.63, 3.8) is 0 Å². The van der Waals surface area contributed by atoms with Gasteiger partial charge >= 0.3 is 18.3 Å². The van der Waals surface area contributed by atoms with Gasteiger partial charge in [0.25, 0.3) is 11.8 Å². The van der Waals surface area contributed by atoms with Crippen molar-refractivity contribution in [3.8, 4) is 5.75 Å². The van der Waals surface area contributed by atoms with Crippen molar-refractivity contribution in [2.24, 2.45) is 0 Å². The van der Waals surface area contributed by atoms with E-state index in [1.807, 2.05) is 5.32 Å². The number of carbonyl (C=O) groups excluding carboxylic acids is 2. The first kappa shape index (κ1) is 19.5. The van der Waals surface area contributed by atoms with Crippen LogP contribution in [0.4, 0.5) is 19.2 Å². The third kappa shape index (κ3) is 5.25. The standard InChI is InChI=1S/C12H8F3N4O4.Mn/c1-16-9(21)10-18-19-11(22-10)17-8(20)6-3-2-4-7(5-6)23-12(13,14)15;/h2-5H,1H2,(H,16,21)(H,17,19,20);/q-1;. The van der Waals surface area contributed by atoms with Gasteiger partial charge in [0.1, 0.15) is 5.75 Å². The van der Waals surface area contributed by atoms with E-state index < -0.39 is 35.8 Å². The number of hydrogen-bond donors (Lipinski definition) is 2. The minimum Gasteiger partial charge on any atom is -0.500 e. The van der Waals surface area contributed by atoms with Gasteiger partial charge in [0.2, 0.25) is 0 Å². The number of ether oxygens (including phenoxy) is 1. The van der Waals surface area contributed by atoms with Crippen LogP contribution < -0.4 is 15.4 Å².